The first kappa shape index (κ1) is 25.6. The number of rotatable bonds is 7. The third-order valence-electron chi connectivity index (χ3n) is 6.25. The molecule has 0 bridgehead atoms. The second-order valence-electron chi connectivity index (χ2n) is 8.19. The van der Waals surface area contributed by atoms with Gasteiger partial charge in [-0.15, -0.1) is 24.8 Å². The second-order valence-corrected chi connectivity index (χ2v) is 8.19. The summed E-state index contributed by atoms with van der Waals surface area (Å²) >= 11 is 0. The molecule has 2 aliphatic rings. The van der Waals surface area contributed by atoms with Crippen LogP contribution >= 0.6 is 24.8 Å². The van der Waals surface area contributed by atoms with E-state index in [9.17, 15) is 9.59 Å². The summed E-state index contributed by atoms with van der Waals surface area (Å²) in [6.07, 6.45) is 2.00. The predicted octanol–water partition coefficient (Wildman–Crippen LogP) is 1.99. The fourth-order valence-electron chi connectivity index (χ4n) is 4.47. The summed E-state index contributed by atoms with van der Waals surface area (Å²) in [5.74, 6) is -0.0385. The number of carbonyl (C=O) groups is 2. The van der Waals surface area contributed by atoms with Crippen LogP contribution in [-0.2, 0) is 22.6 Å². The molecule has 1 saturated carbocycles. The van der Waals surface area contributed by atoms with Crippen molar-refractivity contribution in [1.82, 2.24) is 10.2 Å². The summed E-state index contributed by atoms with van der Waals surface area (Å²) in [7, 11) is 0. The first-order valence-corrected chi connectivity index (χ1v) is 10.2. The minimum atomic E-state index is -0.745. The number of piperidine rings is 1. The third kappa shape index (κ3) is 4.90. The average Bonchev–Trinajstić information content (AvgIpc) is 3.37. The van der Waals surface area contributed by atoms with Gasteiger partial charge in [0.2, 0.25) is 11.8 Å². The standard InChI is InChI=1S/C23H27N5O2.2ClH/c24-19(12-15-4-2-1-3-5-15)21(29)28-11-10-18-13-23(18,28)22(30)27-14-16-6-8-17(9-7-16)20(25)26;;/h1-9,18-19H,10-14,24H2,(H3,25,26)(H,27,30);2*1H/t18-,19-,23+;;/m1../s1. The van der Waals surface area contributed by atoms with E-state index in [0.29, 0.717) is 31.5 Å². The lowest BCUT2D eigenvalue weighted by molar-refractivity contribution is -0.141. The highest BCUT2D eigenvalue weighted by molar-refractivity contribution is 5.97. The zero-order valence-electron chi connectivity index (χ0n) is 17.6. The van der Waals surface area contributed by atoms with Gasteiger partial charge < -0.3 is 21.7 Å². The van der Waals surface area contributed by atoms with Crippen LogP contribution in [0.5, 0.6) is 0 Å². The van der Waals surface area contributed by atoms with E-state index in [-0.39, 0.29) is 48.4 Å². The molecular weight excluding hydrogens is 449 g/mol. The van der Waals surface area contributed by atoms with E-state index in [4.69, 9.17) is 16.9 Å². The van der Waals surface area contributed by atoms with E-state index >= 15 is 0 Å². The molecule has 6 N–H and O–H groups in total. The molecule has 3 atom stereocenters. The van der Waals surface area contributed by atoms with Crippen molar-refractivity contribution in [3.63, 3.8) is 0 Å². The van der Waals surface area contributed by atoms with Crippen LogP contribution in [0, 0.1) is 11.3 Å². The van der Waals surface area contributed by atoms with Crippen LogP contribution in [0.25, 0.3) is 0 Å². The van der Waals surface area contributed by atoms with Crippen LogP contribution in [0.3, 0.4) is 0 Å². The van der Waals surface area contributed by atoms with Crippen LogP contribution in [0.1, 0.15) is 29.5 Å². The monoisotopic (exact) mass is 477 g/mol. The Labute approximate surface area is 200 Å². The number of amidine groups is 1. The highest BCUT2D eigenvalue weighted by Crippen LogP contribution is 2.56. The Morgan fingerprint density at radius 1 is 1.09 bits per heavy atom. The summed E-state index contributed by atoms with van der Waals surface area (Å²) in [4.78, 5) is 27.8. The maximum absolute atomic E-state index is 13.1. The van der Waals surface area contributed by atoms with Crippen molar-refractivity contribution in [3.8, 4) is 0 Å². The number of halogens is 2. The summed E-state index contributed by atoms with van der Waals surface area (Å²) in [5.41, 5.74) is 13.5. The number of benzene rings is 2. The van der Waals surface area contributed by atoms with Gasteiger partial charge in [-0.3, -0.25) is 15.0 Å². The number of likely N-dealkylation sites (tertiary alicyclic amines) is 1. The minimum Gasteiger partial charge on any atom is -0.384 e. The van der Waals surface area contributed by atoms with Gasteiger partial charge in [-0.25, -0.2) is 0 Å². The van der Waals surface area contributed by atoms with Crippen molar-refractivity contribution >= 4 is 42.5 Å². The third-order valence-corrected chi connectivity index (χ3v) is 6.25. The summed E-state index contributed by atoms with van der Waals surface area (Å²) in [5, 5.41) is 10.4. The molecule has 2 amide bonds. The smallest absolute Gasteiger partial charge is 0.246 e. The van der Waals surface area contributed by atoms with E-state index < -0.39 is 11.6 Å². The van der Waals surface area contributed by atoms with Crippen LogP contribution in [0.2, 0.25) is 0 Å². The maximum atomic E-state index is 13.1. The number of fused-ring (bicyclic) bond motifs is 1. The second kappa shape index (κ2) is 10.3. The van der Waals surface area contributed by atoms with Crippen LogP contribution in [0.4, 0.5) is 0 Å². The zero-order valence-corrected chi connectivity index (χ0v) is 19.3. The van der Waals surface area contributed by atoms with Crippen molar-refractivity contribution in [2.75, 3.05) is 6.54 Å². The highest BCUT2D eigenvalue weighted by Gasteiger charge is 2.68. The van der Waals surface area contributed by atoms with Crippen LogP contribution < -0.4 is 16.8 Å². The van der Waals surface area contributed by atoms with Crippen molar-refractivity contribution in [2.45, 2.75) is 37.4 Å². The molecule has 2 aromatic carbocycles. The van der Waals surface area contributed by atoms with Gasteiger partial charge in [0.25, 0.3) is 0 Å². The van der Waals surface area contributed by atoms with E-state index in [1.807, 2.05) is 42.5 Å². The molecule has 1 aliphatic heterocycles. The fourth-order valence-corrected chi connectivity index (χ4v) is 4.47. The topological polar surface area (TPSA) is 125 Å². The molecule has 172 valence electrons. The van der Waals surface area contributed by atoms with Gasteiger partial charge in [-0.1, -0.05) is 54.6 Å². The summed E-state index contributed by atoms with van der Waals surface area (Å²) < 4.78 is 0. The molecule has 9 heteroatoms. The molecule has 0 spiro atoms. The molecular formula is C23H29Cl2N5O2. The average molecular weight is 478 g/mol. The van der Waals surface area contributed by atoms with Gasteiger partial charge in [0.05, 0.1) is 6.04 Å². The molecule has 32 heavy (non-hydrogen) atoms. The lowest BCUT2D eigenvalue weighted by Crippen LogP contribution is -2.55. The quantitative estimate of drug-likeness (QED) is 0.359. The first-order valence-electron chi connectivity index (χ1n) is 10.2. The number of carbonyl (C=O) groups excluding carboxylic acids is 2. The Bertz CT molecular complexity index is 970. The molecule has 4 rings (SSSR count). The van der Waals surface area contributed by atoms with Crippen molar-refractivity contribution in [1.29, 1.82) is 5.41 Å². The van der Waals surface area contributed by atoms with Gasteiger partial charge in [0.15, 0.2) is 0 Å². The number of nitrogens with two attached hydrogens (primary N) is 2. The van der Waals surface area contributed by atoms with Gasteiger partial charge in [0.1, 0.15) is 11.4 Å². The van der Waals surface area contributed by atoms with E-state index in [1.165, 1.54) is 0 Å². The van der Waals surface area contributed by atoms with E-state index in [2.05, 4.69) is 5.32 Å². The van der Waals surface area contributed by atoms with Gasteiger partial charge >= 0.3 is 0 Å². The van der Waals surface area contributed by atoms with Crippen molar-refractivity contribution < 1.29 is 9.59 Å². The lowest BCUT2D eigenvalue weighted by atomic mass is 10.0. The molecule has 7 nitrogen and oxygen atoms in total. The normalized spacial score (nSPS) is 21.4. The summed E-state index contributed by atoms with van der Waals surface area (Å²) in [6, 6.07) is 16.2. The number of amides is 2. The molecule has 1 aliphatic carbocycles. The molecule has 2 aromatic rings. The highest BCUT2D eigenvalue weighted by atomic mass is 35.5. The Morgan fingerprint density at radius 2 is 1.75 bits per heavy atom. The molecule has 1 saturated heterocycles. The first-order chi connectivity index (χ1) is 14.4. The molecule has 0 unspecified atom stereocenters. The fraction of sp³-hybridized carbons (Fsp3) is 0.348. The maximum Gasteiger partial charge on any atom is 0.246 e. The van der Waals surface area contributed by atoms with Crippen LogP contribution in [0.15, 0.2) is 54.6 Å². The predicted molar refractivity (Wildman–Crippen MR) is 129 cm³/mol. The largest absolute Gasteiger partial charge is 0.384 e. The lowest BCUT2D eigenvalue weighted by Gasteiger charge is -2.30. The van der Waals surface area contributed by atoms with E-state index in [0.717, 1.165) is 17.5 Å². The zero-order chi connectivity index (χ0) is 21.3. The number of nitrogen functional groups attached to an aromatic ring is 1. The van der Waals surface area contributed by atoms with Gasteiger partial charge in [-0.2, -0.15) is 0 Å². The Kier molecular flexibility index (Phi) is 8.29. The van der Waals surface area contributed by atoms with Crippen LogP contribution in [-0.4, -0.2) is 40.7 Å². The number of hydrogen-bond acceptors (Lipinski definition) is 4. The Morgan fingerprint density at radius 3 is 2.34 bits per heavy atom. The Balaban J connectivity index is 0.00000181. The number of nitrogens with zero attached hydrogens (tertiary/aromatic N) is 1. The SMILES string of the molecule is Cl.Cl.N=C(N)c1ccc(CNC(=O)[C@]23C[C@H]2CCN3C(=O)[C@H](N)Cc2ccccc2)cc1. The van der Waals surface area contributed by atoms with Gasteiger partial charge in [-0.05, 0) is 36.3 Å². The van der Waals surface area contributed by atoms with Crippen molar-refractivity contribution in [2.24, 2.45) is 17.4 Å². The number of nitrogens with one attached hydrogen (secondary N) is 2. The molecule has 2 fully saturated rings. The molecule has 1 heterocycles. The molecule has 0 radical (unpaired) electrons. The number of hydrogen-bond donors (Lipinski definition) is 4. The Hall–Kier alpha value is -2.61. The van der Waals surface area contributed by atoms with Crippen molar-refractivity contribution in [3.05, 3.63) is 71.3 Å². The van der Waals surface area contributed by atoms with E-state index in [1.54, 1.807) is 17.0 Å². The summed E-state index contributed by atoms with van der Waals surface area (Å²) in [6.45, 7) is 0.941. The van der Waals surface area contributed by atoms with Gasteiger partial charge in [0, 0.05) is 18.7 Å². The minimum absolute atomic E-state index is 0. The molecule has 0 aromatic heterocycles.